The van der Waals surface area contributed by atoms with Crippen molar-refractivity contribution < 1.29 is 9.76 Å². The molecular weight excluding hydrogens is 499 g/mol. The maximum Gasteiger partial charge on any atom is 0.374 e. The van der Waals surface area contributed by atoms with Gasteiger partial charge in [-0.15, -0.1) is 0 Å². The van der Waals surface area contributed by atoms with Crippen molar-refractivity contribution in [1.82, 2.24) is 15.2 Å². The number of nitrogens with two attached hydrogens (primary N) is 1. The summed E-state index contributed by atoms with van der Waals surface area (Å²) in [6, 6.07) is 7.45. The van der Waals surface area contributed by atoms with Crippen LogP contribution >= 0.6 is 0 Å². The van der Waals surface area contributed by atoms with Gasteiger partial charge in [0.1, 0.15) is 0 Å². The lowest BCUT2D eigenvalue weighted by atomic mass is 9.59. The van der Waals surface area contributed by atoms with Gasteiger partial charge in [-0.3, -0.25) is 4.79 Å². The molecule has 1 saturated carbocycles. The van der Waals surface area contributed by atoms with Gasteiger partial charge in [-0.05, 0) is 100 Å². The third-order valence-corrected chi connectivity index (χ3v) is 8.98. The van der Waals surface area contributed by atoms with Crippen LogP contribution in [-0.2, 0) is 23.9 Å². The van der Waals surface area contributed by atoms with Crippen molar-refractivity contribution in [3.8, 4) is 5.88 Å². The Labute approximate surface area is 237 Å². The molecule has 0 aromatic carbocycles. The number of allylic oxidation sites excluding steroid dienone is 3. The highest BCUT2D eigenvalue weighted by atomic mass is 16.5. The molecule has 2 aromatic heterocycles. The summed E-state index contributed by atoms with van der Waals surface area (Å²) in [5.41, 5.74) is 15.3. The Bertz CT molecular complexity index is 1490. The molecule has 210 valence electrons. The predicted molar refractivity (Wildman–Crippen MR) is 161 cm³/mol. The standard InChI is InChI=1S/C17H23BN2O2.C15H18N2O/c1-5-13-12-8-11(2)10-17(13,20-18(3)21)14-6-7-16(22-4)19-15(14)9-12;1-3-11-10-6-9(2)8-15(11,16)12-4-5-14(18)17-13(12)7-10/h5-7,12,20-21H,2,8-10H2,1,3-4H3;3-6,10H,7-8,16H2,1-2H3,(H,17,18)/b13-5+;11-3+. The quantitative estimate of drug-likeness (QED) is 0.338. The number of aromatic amines is 1. The van der Waals surface area contributed by atoms with E-state index < -0.39 is 18.1 Å². The van der Waals surface area contributed by atoms with Gasteiger partial charge in [0.15, 0.2) is 0 Å². The fourth-order valence-electron chi connectivity index (χ4n) is 7.78. The van der Waals surface area contributed by atoms with Crippen molar-refractivity contribution in [1.29, 1.82) is 0 Å². The molecule has 2 heterocycles. The monoisotopic (exact) mass is 540 g/mol. The van der Waals surface area contributed by atoms with Crippen LogP contribution < -0.4 is 21.3 Å². The highest BCUT2D eigenvalue weighted by Crippen LogP contribution is 2.52. The Balaban J connectivity index is 0.000000164. The van der Waals surface area contributed by atoms with Crippen LogP contribution in [0.3, 0.4) is 0 Å². The Morgan fingerprint density at radius 3 is 2.55 bits per heavy atom. The van der Waals surface area contributed by atoms with Crippen LogP contribution in [0.2, 0.25) is 6.82 Å². The van der Waals surface area contributed by atoms with Gasteiger partial charge in [0.05, 0.1) is 23.9 Å². The summed E-state index contributed by atoms with van der Waals surface area (Å²) < 4.78 is 5.28. The number of rotatable bonds is 3. The molecule has 4 aliphatic rings. The number of fused-ring (bicyclic) bond motifs is 8. The van der Waals surface area contributed by atoms with Gasteiger partial charge >= 0.3 is 7.05 Å². The molecule has 4 aliphatic carbocycles. The minimum Gasteiger partial charge on any atom is -0.481 e. The number of hydrogen-bond donors (Lipinski definition) is 4. The molecule has 0 saturated heterocycles. The van der Waals surface area contributed by atoms with Gasteiger partial charge in [0, 0.05) is 23.7 Å². The van der Waals surface area contributed by atoms with Gasteiger partial charge < -0.3 is 25.7 Å². The number of nitrogens with zero attached hydrogens (tertiary/aromatic N) is 1. The molecule has 1 fully saturated rings. The average molecular weight is 541 g/mol. The smallest absolute Gasteiger partial charge is 0.374 e. The highest BCUT2D eigenvalue weighted by molar-refractivity contribution is 6.45. The van der Waals surface area contributed by atoms with E-state index >= 15 is 0 Å². The lowest BCUT2D eigenvalue weighted by Crippen LogP contribution is -2.56. The van der Waals surface area contributed by atoms with E-state index in [1.165, 1.54) is 22.3 Å². The molecule has 7 nitrogen and oxygen atoms in total. The minimum absolute atomic E-state index is 0.0416. The summed E-state index contributed by atoms with van der Waals surface area (Å²) in [4.78, 5) is 19.1. The fourth-order valence-corrected chi connectivity index (χ4v) is 7.78. The first kappa shape index (κ1) is 28.3. The SMILES string of the molecule is C/C=C1\C2C=C(C)CC1(N)c1ccc(=O)[nH]c1C2.C=C1CC2Cc3nc(OC)ccc3C(NB(C)O)(C1)/C2=C/C. The summed E-state index contributed by atoms with van der Waals surface area (Å²) in [5.74, 6) is 1.37. The normalized spacial score (nSPS) is 30.1. The van der Waals surface area contributed by atoms with Crippen LogP contribution in [0.5, 0.6) is 5.88 Å². The zero-order valence-electron chi connectivity index (χ0n) is 24.3. The largest absolute Gasteiger partial charge is 0.481 e. The first-order valence-corrected chi connectivity index (χ1v) is 14.2. The molecule has 2 aromatic rings. The molecule has 4 unspecified atom stereocenters. The minimum atomic E-state index is -0.602. The van der Waals surface area contributed by atoms with Crippen LogP contribution in [0.1, 0.15) is 62.5 Å². The van der Waals surface area contributed by atoms with E-state index in [2.05, 4.69) is 66.8 Å². The maximum absolute atomic E-state index is 11.5. The van der Waals surface area contributed by atoms with E-state index in [0.29, 0.717) is 17.7 Å². The average Bonchev–Trinajstić information content (AvgIpc) is 2.87. The summed E-state index contributed by atoms with van der Waals surface area (Å²) in [6.07, 6.45) is 11.0. The van der Waals surface area contributed by atoms with E-state index in [-0.39, 0.29) is 5.56 Å². The number of H-pyrrole nitrogens is 1. The summed E-state index contributed by atoms with van der Waals surface area (Å²) >= 11 is 0. The van der Waals surface area contributed by atoms with Crippen LogP contribution in [0.15, 0.2) is 76.2 Å². The lowest BCUT2D eigenvalue weighted by Gasteiger charge is -2.50. The van der Waals surface area contributed by atoms with Gasteiger partial charge in [0.25, 0.3) is 0 Å². The van der Waals surface area contributed by atoms with Crippen molar-refractivity contribution in [2.75, 3.05) is 7.11 Å². The van der Waals surface area contributed by atoms with E-state index in [1.54, 1.807) is 20.0 Å². The summed E-state index contributed by atoms with van der Waals surface area (Å²) in [5, 5.41) is 13.4. The number of hydrogen-bond acceptors (Lipinski definition) is 6. The number of nitrogens with one attached hydrogen (secondary N) is 2. The zero-order valence-corrected chi connectivity index (χ0v) is 24.3. The van der Waals surface area contributed by atoms with E-state index in [1.807, 2.05) is 12.1 Å². The highest BCUT2D eigenvalue weighted by Gasteiger charge is 2.49. The molecule has 0 radical (unpaired) electrons. The van der Waals surface area contributed by atoms with Crippen LogP contribution in [0.25, 0.3) is 0 Å². The molecule has 0 aliphatic heterocycles. The Hall–Kier alpha value is -3.20. The van der Waals surface area contributed by atoms with Gasteiger partial charge in [-0.25, -0.2) is 4.98 Å². The topological polar surface area (TPSA) is 113 Å². The Kier molecular flexibility index (Phi) is 7.55. The second kappa shape index (κ2) is 10.7. The summed E-state index contributed by atoms with van der Waals surface area (Å²) in [6.45, 7) is 12.3. The van der Waals surface area contributed by atoms with Gasteiger partial charge in [-0.2, -0.15) is 0 Å². The van der Waals surface area contributed by atoms with Crippen molar-refractivity contribution in [2.24, 2.45) is 17.6 Å². The van der Waals surface area contributed by atoms with E-state index in [4.69, 9.17) is 10.5 Å². The second-order valence-corrected chi connectivity index (χ2v) is 11.8. The van der Waals surface area contributed by atoms with Crippen LogP contribution in [0.4, 0.5) is 0 Å². The fraction of sp³-hybridized carbons (Fsp3) is 0.438. The molecule has 6 rings (SSSR count). The third kappa shape index (κ3) is 4.72. The van der Waals surface area contributed by atoms with Gasteiger partial charge in [0.2, 0.25) is 11.4 Å². The van der Waals surface area contributed by atoms with Crippen molar-refractivity contribution in [3.63, 3.8) is 0 Å². The molecule has 4 bridgehead atoms. The van der Waals surface area contributed by atoms with E-state index in [0.717, 1.165) is 54.6 Å². The predicted octanol–water partition coefficient (Wildman–Crippen LogP) is 4.45. The molecular formula is C32H41BN4O3. The molecule has 40 heavy (non-hydrogen) atoms. The van der Waals surface area contributed by atoms with E-state index in [9.17, 15) is 9.82 Å². The molecule has 4 atom stereocenters. The molecule has 0 amide bonds. The Morgan fingerprint density at radius 2 is 1.88 bits per heavy atom. The van der Waals surface area contributed by atoms with Crippen LogP contribution in [-0.4, -0.2) is 29.2 Å². The van der Waals surface area contributed by atoms with Crippen molar-refractivity contribution in [2.45, 2.75) is 70.8 Å². The third-order valence-electron chi connectivity index (χ3n) is 8.98. The van der Waals surface area contributed by atoms with Crippen molar-refractivity contribution in [3.05, 3.63) is 104 Å². The first-order valence-electron chi connectivity index (χ1n) is 14.2. The Morgan fingerprint density at radius 1 is 1.15 bits per heavy atom. The molecule has 8 heteroatoms. The number of aromatic nitrogens is 2. The van der Waals surface area contributed by atoms with Gasteiger partial charge in [-0.1, -0.05) is 36.0 Å². The number of pyridine rings is 2. The number of methoxy groups -OCH3 is 1. The first-order chi connectivity index (χ1) is 19.0. The zero-order chi connectivity index (χ0) is 28.8. The molecule has 5 N–H and O–H groups in total. The van der Waals surface area contributed by atoms with Crippen LogP contribution in [0, 0.1) is 11.8 Å². The second-order valence-electron chi connectivity index (χ2n) is 11.8. The number of ether oxygens (including phenoxy) is 1. The van der Waals surface area contributed by atoms with Crippen molar-refractivity contribution >= 4 is 7.05 Å². The molecule has 0 spiro atoms. The lowest BCUT2D eigenvalue weighted by molar-refractivity contribution is 0.309. The summed E-state index contributed by atoms with van der Waals surface area (Å²) in [7, 11) is 1.04. The maximum atomic E-state index is 11.5.